The van der Waals surface area contributed by atoms with E-state index in [-0.39, 0.29) is 0 Å². The summed E-state index contributed by atoms with van der Waals surface area (Å²) in [5.41, 5.74) is 5.80. The molecule has 1 unspecified atom stereocenters. The number of aromatic nitrogens is 2. The van der Waals surface area contributed by atoms with Gasteiger partial charge in [0.25, 0.3) is 0 Å². The molecule has 1 aromatic rings. The molecule has 1 aromatic heterocycles. The fourth-order valence-electron chi connectivity index (χ4n) is 0.955. The minimum absolute atomic E-state index is 0.324. The molecule has 0 aliphatic heterocycles. The second kappa shape index (κ2) is 5.29. The van der Waals surface area contributed by atoms with Crippen LogP contribution in [0.1, 0.15) is 19.2 Å². The minimum Gasteiger partial charge on any atom is -0.337 e. The van der Waals surface area contributed by atoms with Gasteiger partial charge < -0.3 is 10.3 Å². The summed E-state index contributed by atoms with van der Waals surface area (Å²) in [6.07, 6.45) is 4.85. The predicted octanol–water partition coefficient (Wildman–Crippen LogP) is 1.39. The Labute approximate surface area is 83.7 Å². The SMILES string of the molecule is CCC(N)CSCc1nccn1C. The van der Waals surface area contributed by atoms with Gasteiger partial charge in [0.15, 0.2) is 0 Å². The summed E-state index contributed by atoms with van der Waals surface area (Å²) >= 11 is 1.85. The smallest absolute Gasteiger partial charge is 0.118 e. The highest BCUT2D eigenvalue weighted by molar-refractivity contribution is 7.98. The lowest BCUT2D eigenvalue weighted by Gasteiger charge is -2.07. The summed E-state index contributed by atoms with van der Waals surface area (Å²) in [7, 11) is 2.02. The van der Waals surface area contributed by atoms with Crippen LogP contribution in [0.4, 0.5) is 0 Å². The molecule has 1 heterocycles. The summed E-state index contributed by atoms with van der Waals surface area (Å²) in [4.78, 5) is 4.24. The highest BCUT2D eigenvalue weighted by atomic mass is 32.2. The maximum atomic E-state index is 5.80. The second-order valence-electron chi connectivity index (χ2n) is 3.14. The van der Waals surface area contributed by atoms with Crippen molar-refractivity contribution < 1.29 is 0 Å². The number of hydrogen-bond acceptors (Lipinski definition) is 3. The van der Waals surface area contributed by atoms with Gasteiger partial charge in [-0.3, -0.25) is 0 Å². The standard InChI is InChI=1S/C9H17N3S/c1-3-8(10)6-13-7-9-11-4-5-12(9)2/h4-5,8H,3,6-7,10H2,1-2H3. The van der Waals surface area contributed by atoms with Crippen LogP contribution in [0.2, 0.25) is 0 Å². The van der Waals surface area contributed by atoms with Crippen molar-refractivity contribution >= 4 is 11.8 Å². The van der Waals surface area contributed by atoms with Gasteiger partial charge in [0.1, 0.15) is 5.82 Å². The molecule has 0 bridgehead atoms. The van der Waals surface area contributed by atoms with Crippen LogP contribution in [0.5, 0.6) is 0 Å². The lowest BCUT2D eigenvalue weighted by molar-refractivity contribution is 0.724. The molecular weight excluding hydrogens is 182 g/mol. The molecule has 0 radical (unpaired) electrons. The lowest BCUT2D eigenvalue weighted by atomic mass is 10.3. The Morgan fingerprint density at radius 2 is 2.46 bits per heavy atom. The van der Waals surface area contributed by atoms with E-state index in [1.165, 1.54) is 0 Å². The third kappa shape index (κ3) is 3.40. The van der Waals surface area contributed by atoms with E-state index in [4.69, 9.17) is 5.73 Å². The predicted molar refractivity (Wildman–Crippen MR) is 57.6 cm³/mol. The van der Waals surface area contributed by atoms with E-state index in [9.17, 15) is 0 Å². The first-order valence-electron chi connectivity index (χ1n) is 4.53. The van der Waals surface area contributed by atoms with Crippen LogP contribution in [0, 0.1) is 0 Å². The molecule has 0 saturated carbocycles. The van der Waals surface area contributed by atoms with Crippen LogP contribution in [0.3, 0.4) is 0 Å². The van der Waals surface area contributed by atoms with E-state index >= 15 is 0 Å². The highest BCUT2D eigenvalue weighted by Gasteiger charge is 2.02. The zero-order chi connectivity index (χ0) is 9.68. The average Bonchev–Trinajstić information content (AvgIpc) is 2.52. The van der Waals surface area contributed by atoms with Crippen LogP contribution >= 0.6 is 11.8 Å². The molecule has 0 amide bonds. The Balaban J connectivity index is 2.24. The summed E-state index contributed by atoms with van der Waals surface area (Å²) < 4.78 is 2.05. The van der Waals surface area contributed by atoms with Gasteiger partial charge in [-0.1, -0.05) is 6.92 Å². The van der Waals surface area contributed by atoms with E-state index in [0.717, 1.165) is 23.8 Å². The van der Waals surface area contributed by atoms with E-state index in [1.54, 1.807) is 0 Å². The first-order chi connectivity index (χ1) is 6.24. The van der Waals surface area contributed by atoms with Gasteiger partial charge in [-0.15, -0.1) is 0 Å². The molecule has 0 aliphatic carbocycles. The lowest BCUT2D eigenvalue weighted by Crippen LogP contribution is -2.21. The molecule has 2 N–H and O–H groups in total. The normalized spacial score (nSPS) is 13.2. The fourth-order valence-corrected chi connectivity index (χ4v) is 2.07. The Morgan fingerprint density at radius 3 is 3.00 bits per heavy atom. The van der Waals surface area contributed by atoms with Crippen molar-refractivity contribution in [3.8, 4) is 0 Å². The quantitative estimate of drug-likeness (QED) is 0.779. The summed E-state index contributed by atoms with van der Waals surface area (Å²) in [5.74, 6) is 3.09. The van der Waals surface area contributed by atoms with Crippen LogP contribution in [0.25, 0.3) is 0 Å². The Kier molecular flexibility index (Phi) is 4.32. The van der Waals surface area contributed by atoms with Gasteiger partial charge in [-0.25, -0.2) is 4.98 Å². The molecular formula is C9H17N3S. The zero-order valence-corrected chi connectivity index (χ0v) is 9.05. The van der Waals surface area contributed by atoms with Crippen LogP contribution in [0.15, 0.2) is 12.4 Å². The van der Waals surface area contributed by atoms with Gasteiger partial charge in [-0.2, -0.15) is 11.8 Å². The Bertz CT molecular complexity index is 247. The number of hydrogen-bond donors (Lipinski definition) is 1. The molecule has 0 saturated heterocycles. The number of aryl methyl sites for hydroxylation is 1. The number of imidazole rings is 1. The van der Waals surface area contributed by atoms with Gasteiger partial charge in [0, 0.05) is 31.2 Å². The third-order valence-electron chi connectivity index (χ3n) is 2.01. The van der Waals surface area contributed by atoms with E-state index < -0.39 is 0 Å². The molecule has 0 fully saturated rings. The molecule has 13 heavy (non-hydrogen) atoms. The van der Waals surface area contributed by atoms with Crippen molar-refractivity contribution in [2.24, 2.45) is 12.8 Å². The zero-order valence-electron chi connectivity index (χ0n) is 8.23. The topological polar surface area (TPSA) is 43.8 Å². The number of nitrogens with zero attached hydrogens (tertiary/aromatic N) is 2. The second-order valence-corrected chi connectivity index (χ2v) is 4.17. The van der Waals surface area contributed by atoms with Crippen LogP contribution in [-0.2, 0) is 12.8 Å². The monoisotopic (exact) mass is 199 g/mol. The average molecular weight is 199 g/mol. The van der Waals surface area contributed by atoms with E-state index in [0.29, 0.717) is 6.04 Å². The first kappa shape index (κ1) is 10.6. The molecule has 0 spiro atoms. The largest absolute Gasteiger partial charge is 0.337 e. The van der Waals surface area contributed by atoms with Crippen molar-refractivity contribution in [3.05, 3.63) is 18.2 Å². The maximum Gasteiger partial charge on any atom is 0.118 e. The van der Waals surface area contributed by atoms with Crippen molar-refractivity contribution in [1.82, 2.24) is 9.55 Å². The van der Waals surface area contributed by atoms with Gasteiger partial charge >= 0.3 is 0 Å². The third-order valence-corrected chi connectivity index (χ3v) is 3.13. The summed E-state index contributed by atoms with van der Waals surface area (Å²) in [5, 5.41) is 0. The van der Waals surface area contributed by atoms with Gasteiger partial charge in [0.05, 0.1) is 5.75 Å². The van der Waals surface area contributed by atoms with Crippen molar-refractivity contribution in [2.45, 2.75) is 25.1 Å². The van der Waals surface area contributed by atoms with E-state index in [1.807, 2.05) is 35.8 Å². The van der Waals surface area contributed by atoms with Gasteiger partial charge in [0.2, 0.25) is 0 Å². The highest BCUT2D eigenvalue weighted by Crippen LogP contribution is 2.11. The van der Waals surface area contributed by atoms with E-state index in [2.05, 4.69) is 11.9 Å². The molecule has 4 heteroatoms. The Morgan fingerprint density at radius 1 is 1.69 bits per heavy atom. The molecule has 0 aromatic carbocycles. The first-order valence-corrected chi connectivity index (χ1v) is 5.69. The summed E-state index contributed by atoms with van der Waals surface area (Å²) in [6, 6.07) is 0.324. The van der Waals surface area contributed by atoms with Crippen molar-refractivity contribution in [2.75, 3.05) is 5.75 Å². The number of nitrogens with two attached hydrogens (primary N) is 1. The number of thioether (sulfide) groups is 1. The molecule has 1 rings (SSSR count). The molecule has 74 valence electrons. The number of rotatable bonds is 5. The molecule has 1 atom stereocenters. The summed E-state index contributed by atoms with van der Waals surface area (Å²) in [6.45, 7) is 2.12. The molecule has 3 nitrogen and oxygen atoms in total. The minimum atomic E-state index is 0.324. The Hall–Kier alpha value is -0.480. The van der Waals surface area contributed by atoms with Crippen molar-refractivity contribution in [1.29, 1.82) is 0 Å². The van der Waals surface area contributed by atoms with Crippen LogP contribution < -0.4 is 5.73 Å². The van der Waals surface area contributed by atoms with Crippen LogP contribution in [-0.4, -0.2) is 21.3 Å². The van der Waals surface area contributed by atoms with Gasteiger partial charge in [-0.05, 0) is 6.42 Å². The fraction of sp³-hybridized carbons (Fsp3) is 0.667. The molecule has 0 aliphatic rings. The maximum absolute atomic E-state index is 5.80. The van der Waals surface area contributed by atoms with Crippen molar-refractivity contribution in [3.63, 3.8) is 0 Å².